The Morgan fingerprint density at radius 3 is 2.29 bits per heavy atom. The zero-order valence-corrected chi connectivity index (χ0v) is 22.9. The van der Waals surface area contributed by atoms with Crippen LogP contribution in [0.2, 0.25) is 0 Å². The number of nitrogens with zero attached hydrogens (tertiary/aromatic N) is 1. The summed E-state index contributed by atoms with van der Waals surface area (Å²) in [6.45, 7) is 0. The molecule has 4 atom stereocenters. The molecule has 0 aliphatic heterocycles. The van der Waals surface area contributed by atoms with Crippen LogP contribution in [0.4, 0.5) is 10.5 Å². The highest BCUT2D eigenvalue weighted by Gasteiger charge is 2.63. The van der Waals surface area contributed by atoms with E-state index in [0.717, 1.165) is 0 Å². The van der Waals surface area contributed by atoms with Gasteiger partial charge in [0.15, 0.2) is 11.4 Å². The number of phenolic OH excluding ortho intramolecular Hbond substituents is 1. The fraction of sp³-hybridized carbons (Fsp3) is 0.310. The number of carbonyl (C=O) groups is 4. The van der Waals surface area contributed by atoms with Crippen LogP contribution in [-0.2, 0) is 16.0 Å². The number of nitrogens with one attached hydrogen (secondary N) is 1. The Morgan fingerprint density at radius 1 is 1.05 bits per heavy atom. The van der Waals surface area contributed by atoms with Crippen molar-refractivity contribution in [2.24, 2.45) is 17.6 Å². The summed E-state index contributed by atoms with van der Waals surface area (Å²) in [4.78, 5) is 53.4. The number of ether oxygens (including phenoxy) is 2. The minimum Gasteiger partial charge on any atom is -0.510 e. The van der Waals surface area contributed by atoms with Gasteiger partial charge in [-0.15, -0.1) is 0 Å². The number of likely N-dealkylation sites (N-methyl/N-ethyl adjacent to an activating group) is 1. The molecular weight excluding hydrogens is 550 g/mol. The molecule has 5 rings (SSSR count). The number of fused-ring (bicyclic) bond motifs is 3. The minimum absolute atomic E-state index is 0.00108. The van der Waals surface area contributed by atoms with Crippen molar-refractivity contribution in [1.82, 2.24) is 4.90 Å². The number of hydrogen-bond donors (Lipinski definition) is 6. The largest absolute Gasteiger partial charge is 0.510 e. The predicted octanol–water partition coefficient (Wildman–Crippen LogP) is 1.74. The van der Waals surface area contributed by atoms with Gasteiger partial charge in [0.05, 0.1) is 18.7 Å². The number of benzene rings is 2. The summed E-state index contributed by atoms with van der Waals surface area (Å²) in [6.07, 6.45) is -0.958. The highest BCUT2D eigenvalue weighted by Crippen LogP contribution is 2.52. The maximum absolute atomic E-state index is 13.8. The third-order valence-corrected chi connectivity index (χ3v) is 8.11. The van der Waals surface area contributed by atoms with Crippen LogP contribution in [0.5, 0.6) is 17.2 Å². The quantitative estimate of drug-likeness (QED) is 0.222. The zero-order valence-electron chi connectivity index (χ0n) is 22.9. The second-order valence-electron chi connectivity index (χ2n) is 10.6. The summed E-state index contributed by atoms with van der Waals surface area (Å²) in [6, 6.07) is 7.71. The zero-order chi connectivity index (χ0) is 30.7. The van der Waals surface area contributed by atoms with E-state index in [4.69, 9.17) is 15.2 Å². The number of rotatable bonds is 5. The number of Topliss-reactive ketones (excluding diaryl/α,β-unsaturated/α-hetero) is 2. The third kappa shape index (κ3) is 4.25. The molecule has 0 saturated carbocycles. The summed E-state index contributed by atoms with van der Waals surface area (Å²) < 4.78 is 10.4. The van der Waals surface area contributed by atoms with Crippen LogP contribution < -0.4 is 20.5 Å². The van der Waals surface area contributed by atoms with Crippen LogP contribution >= 0.6 is 0 Å². The number of aromatic hydroxyl groups is 1. The molecule has 220 valence electrons. The van der Waals surface area contributed by atoms with E-state index in [0.29, 0.717) is 5.75 Å². The van der Waals surface area contributed by atoms with Gasteiger partial charge in [-0.2, -0.15) is 0 Å². The van der Waals surface area contributed by atoms with Gasteiger partial charge < -0.3 is 35.6 Å². The van der Waals surface area contributed by atoms with Gasteiger partial charge in [-0.3, -0.25) is 24.6 Å². The molecule has 0 heterocycles. The first kappa shape index (κ1) is 28.6. The molecule has 0 aromatic heterocycles. The minimum atomic E-state index is -2.74. The SMILES string of the molecule is COc1ccc(OC(=O)Nc2ccc(O)c3c2C[C@H]2C[C@H]4[C@H](N(C)C)C(O)=C(C(N)=O)C(=O)[C@@]4(O)C(O)=C2C3=O)cc1. The number of primary amides is 1. The molecule has 0 radical (unpaired) electrons. The van der Waals surface area contributed by atoms with Crippen molar-refractivity contribution in [1.29, 1.82) is 0 Å². The normalized spacial score (nSPS) is 25.0. The molecule has 0 bridgehead atoms. The molecule has 13 heteroatoms. The maximum atomic E-state index is 13.8. The Morgan fingerprint density at radius 2 is 1.69 bits per heavy atom. The molecular formula is C29H29N3O10. The van der Waals surface area contributed by atoms with Gasteiger partial charge in [0.1, 0.15) is 34.3 Å². The Balaban J connectivity index is 1.55. The summed E-state index contributed by atoms with van der Waals surface area (Å²) in [5, 5.41) is 47.1. The van der Waals surface area contributed by atoms with Gasteiger partial charge in [0, 0.05) is 17.2 Å². The number of anilines is 1. The molecule has 42 heavy (non-hydrogen) atoms. The molecule has 3 aliphatic rings. The number of carbonyl (C=O) groups excluding carboxylic acids is 4. The molecule has 0 fully saturated rings. The van der Waals surface area contributed by atoms with Crippen molar-refractivity contribution in [3.63, 3.8) is 0 Å². The Hall–Kier alpha value is -4.88. The number of ketones is 2. The second-order valence-corrected chi connectivity index (χ2v) is 10.6. The Labute approximate surface area is 239 Å². The summed E-state index contributed by atoms with van der Waals surface area (Å²) in [7, 11) is 4.58. The first-order chi connectivity index (χ1) is 19.8. The molecule has 0 unspecified atom stereocenters. The highest BCUT2D eigenvalue weighted by molar-refractivity contribution is 6.25. The monoisotopic (exact) mass is 579 g/mol. The van der Waals surface area contributed by atoms with E-state index in [1.807, 2.05) is 0 Å². The van der Waals surface area contributed by atoms with E-state index in [1.54, 1.807) is 26.2 Å². The van der Waals surface area contributed by atoms with Crippen molar-refractivity contribution >= 4 is 29.3 Å². The van der Waals surface area contributed by atoms with Crippen molar-refractivity contribution in [3.05, 3.63) is 70.2 Å². The van der Waals surface area contributed by atoms with Gasteiger partial charge in [-0.25, -0.2) is 4.79 Å². The van der Waals surface area contributed by atoms with Crippen LogP contribution in [0, 0.1) is 11.8 Å². The molecule has 13 nitrogen and oxygen atoms in total. The summed E-state index contributed by atoms with van der Waals surface area (Å²) in [5.41, 5.74) is 1.60. The summed E-state index contributed by atoms with van der Waals surface area (Å²) in [5.74, 6) is -6.76. The van der Waals surface area contributed by atoms with Crippen molar-refractivity contribution in [3.8, 4) is 17.2 Å². The molecule has 7 N–H and O–H groups in total. The number of allylic oxidation sites excluding steroid dienone is 1. The van der Waals surface area contributed by atoms with E-state index in [9.17, 15) is 39.6 Å². The molecule has 0 spiro atoms. The Bertz CT molecular complexity index is 1590. The number of nitrogens with two attached hydrogens (primary N) is 1. The van der Waals surface area contributed by atoms with Gasteiger partial charge in [-0.05, 0) is 74.8 Å². The second kappa shape index (κ2) is 10.2. The van der Waals surface area contributed by atoms with Crippen molar-refractivity contribution in [2.45, 2.75) is 24.5 Å². The average Bonchev–Trinajstić information content (AvgIpc) is 2.92. The maximum Gasteiger partial charge on any atom is 0.417 e. The van der Waals surface area contributed by atoms with Crippen LogP contribution in [0.1, 0.15) is 22.3 Å². The number of methoxy groups -OCH3 is 1. The lowest BCUT2D eigenvalue weighted by molar-refractivity contribution is -0.148. The van der Waals surface area contributed by atoms with Crippen LogP contribution in [0.3, 0.4) is 0 Å². The lowest BCUT2D eigenvalue weighted by Gasteiger charge is -2.50. The van der Waals surface area contributed by atoms with Crippen LogP contribution in [0.25, 0.3) is 0 Å². The topological polar surface area (TPSA) is 209 Å². The number of amides is 2. The van der Waals surface area contributed by atoms with Gasteiger partial charge in [0.2, 0.25) is 5.78 Å². The predicted molar refractivity (Wildman–Crippen MR) is 146 cm³/mol. The number of aliphatic hydroxyl groups is 3. The molecule has 3 aliphatic carbocycles. The van der Waals surface area contributed by atoms with Gasteiger partial charge >= 0.3 is 6.09 Å². The highest BCUT2D eigenvalue weighted by atomic mass is 16.6. The van der Waals surface area contributed by atoms with Crippen molar-refractivity contribution < 1.29 is 49.1 Å². The van der Waals surface area contributed by atoms with E-state index in [2.05, 4.69) is 5.32 Å². The number of phenols is 1. The Kier molecular flexibility index (Phi) is 6.95. The van der Waals surface area contributed by atoms with E-state index < -0.39 is 69.9 Å². The van der Waals surface area contributed by atoms with E-state index in [1.165, 1.54) is 36.3 Å². The van der Waals surface area contributed by atoms with Gasteiger partial charge in [0.25, 0.3) is 5.91 Å². The van der Waals surface area contributed by atoms with Gasteiger partial charge in [-0.1, -0.05) is 0 Å². The van der Waals surface area contributed by atoms with Crippen LogP contribution in [0.15, 0.2) is 59.1 Å². The molecule has 2 aromatic rings. The molecule has 2 amide bonds. The number of aliphatic hydroxyl groups excluding tert-OH is 2. The molecule has 2 aromatic carbocycles. The van der Waals surface area contributed by atoms with Crippen LogP contribution in [-0.4, -0.2) is 81.7 Å². The fourth-order valence-corrected chi connectivity index (χ4v) is 6.25. The fourth-order valence-electron chi connectivity index (χ4n) is 6.25. The lowest BCUT2D eigenvalue weighted by atomic mass is 9.58. The van der Waals surface area contributed by atoms with E-state index in [-0.39, 0.29) is 41.0 Å². The van der Waals surface area contributed by atoms with E-state index >= 15 is 0 Å². The average molecular weight is 580 g/mol. The molecule has 0 saturated heterocycles. The first-order valence-corrected chi connectivity index (χ1v) is 12.9. The number of hydrogen-bond acceptors (Lipinski definition) is 11. The smallest absolute Gasteiger partial charge is 0.417 e. The first-order valence-electron chi connectivity index (χ1n) is 12.9. The standard InChI is InChI=1S/C29H29N3O10/c1-32(2)22-16-11-12-10-15-17(31-28(39)42-14-6-4-13(41-3)5-7-14)8-9-18(33)20(15)23(34)19(12)25(36)29(16,40)26(37)21(24(22)35)27(30)38/h4-9,12,16,22,33,35-36,40H,10-11H2,1-3H3,(H2,30,38)(H,31,39)/t12-,16-,22-,29-/m0/s1. The lowest BCUT2D eigenvalue weighted by Crippen LogP contribution is -2.63. The van der Waals surface area contributed by atoms with Crippen molar-refractivity contribution in [2.75, 3.05) is 26.5 Å². The third-order valence-electron chi connectivity index (χ3n) is 8.11. The summed E-state index contributed by atoms with van der Waals surface area (Å²) >= 11 is 0.